The molecule has 8 rings (SSSR count). The molecule has 3 aromatic carbocycles. The maximum absolute atomic E-state index is 13.2. The summed E-state index contributed by atoms with van der Waals surface area (Å²) in [6.45, 7) is 5.70. The Morgan fingerprint density at radius 1 is 0.866 bits per heavy atom. The van der Waals surface area contributed by atoms with Crippen molar-refractivity contribution in [2.45, 2.75) is 70.0 Å². The van der Waals surface area contributed by atoms with Gasteiger partial charge in [0.25, 0.3) is 5.91 Å². The zero-order valence-corrected chi connectivity index (χ0v) is 39.7. The van der Waals surface area contributed by atoms with Gasteiger partial charge in [-0.25, -0.2) is 4.98 Å². The fraction of sp³-hybridized carbons (Fsp3) is 0.447. The normalized spacial score (nSPS) is 18.2. The number of amides is 4. The first-order valence-electron chi connectivity index (χ1n) is 22.7. The lowest BCUT2D eigenvalue weighted by molar-refractivity contribution is -0.137. The predicted molar refractivity (Wildman–Crippen MR) is 254 cm³/mol. The molecule has 4 amide bonds. The summed E-state index contributed by atoms with van der Waals surface area (Å²) < 4.78 is 35.6. The molecule has 20 heteroatoms. The number of piperazine rings is 1. The Kier molecular flexibility index (Phi) is 15.3. The smallest absolute Gasteiger partial charge is 0.362 e. The number of halogens is 1. The van der Waals surface area contributed by atoms with Gasteiger partial charge in [0.2, 0.25) is 23.7 Å². The van der Waals surface area contributed by atoms with Gasteiger partial charge in [-0.1, -0.05) is 29.8 Å². The number of nitrogens with zero attached hydrogens (tertiary/aromatic N) is 6. The minimum Gasteiger partial charge on any atom is -0.494 e. The summed E-state index contributed by atoms with van der Waals surface area (Å²) in [5.74, 6) is 1.05. The molecule has 0 radical (unpaired) electrons. The quantitative estimate of drug-likeness (QED) is 0.0575. The molecule has 4 aliphatic heterocycles. The summed E-state index contributed by atoms with van der Waals surface area (Å²) in [6, 6.07) is 18.1. The second kappa shape index (κ2) is 21.5. The molecule has 67 heavy (non-hydrogen) atoms. The fourth-order valence-corrected chi connectivity index (χ4v) is 10.6. The first-order valence-corrected chi connectivity index (χ1v) is 24.6. The molecule has 5 heterocycles. The Labute approximate surface area is 395 Å². The molecule has 0 saturated carbocycles. The van der Waals surface area contributed by atoms with Crippen LogP contribution in [0.2, 0.25) is 5.02 Å². The van der Waals surface area contributed by atoms with Crippen molar-refractivity contribution in [2.24, 2.45) is 0 Å². The number of unbranched alkanes of at least 4 members (excludes halogenated alkanes) is 2. The van der Waals surface area contributed by atoms with Gasteiger partial charge >= 0.3 is 7.60 Å². The van der Waals surface area contributed by atoms with Gasteiger partial charge in [-0.3, -0.25) is 34.0 Å². The van der Waals surface area contributed by atoms with E-state index in [9.17, 15) is 23.7 Å². The van der Waals surface area contributed by atoms with E-state index in [2.05, 4.69) is 41.8 Å². The number of fused-ring (bicyclic) bond motifs is 1. The summed E-state index contributed by atoms with van der Waals surface area (Å²) in [5, 5.41) is 9.33. The number of hydrogen-bond donors (Lipinski definition) is 3. The molecule has 0 aliphatic carbocycles. The maximum Gasteiger partial charge on any atom is 0.362 e. The first-order chi connectivity index (χ1) is 32.5. The maximum atomic E-state index is 13.2. The number of piperidine rings is 2. The highest BCUT2D eigenvalue weighted by atomic mass is 35.5. The molecule has 3 N–H and O–H groups in total. The largest absolute Gasteiger partial charge is 0.494 e. The number of benzene rings is 3. The number of imide groups is 1. The van der Waals surface area contributed by atoms with E-state index >= 15 is 0 Å². The summed E-state index contributed by atoms with van der Waals surface area (Å²) in [5.41, 5.74) is 3.48. The third-order valence-corrected chi connectivity index (χ3v) is 15.2. The molecule has 4 aromatic rings. The number of carbonyl (C=O) groups is 4. The number of rotatable bonds is 18. The summed E-state index contributed by atoms with van der Waals surface area (Å²) in [4.78, 5) is 67.8. The van der Waals surface area contributed by atoms with Crippen molar-refractivity contribution in [3.8, 4) is 11.5 Å². The first kappa shape index (κ1) is 47.7. The summed E-state index contributed by atoms with van der Waals surface area (Å²) in [7, 11) is 0.709. The van der Waals surface area contributed by atoms with Crippen LogP contribution < -0.4 is 35.6 Å². The third kappa shape index (κ3) is 10.8. The summed E-state index contributed by atoms with van der Waals surface area (Å²) >= 11 is 6.49. The highest BCUT2D eigenvalue weighted by molar-refractivity contribution is 7.62. The molecule has 3 fully saturated rings. The Hall–Kier alpha value is -5.78. The van der Waals surface area contributed by atoms with Crippen LogP contribution in [0.4, 0.5) is 28.8 Å². The lowest BCUT2D eigenvalue weighted by Crippen LogP contribution is -2.54. The monoisotopic (exact) mass is 957 g/mol. The fourth-order valence-electron chi connectivity index (χ4n) is 9.25. The van der Waals surface area contributed by atoms with Crippen LogP contribution in [0.3, 0.4) is 0 Å². The van der Waals surface area contributed by atoms with Gasteiger partial charge in [-0.2, -0.15) is 4.98 Å². The number of aromatic nitrogens is 2. The number of carbonyl (C=O) groups excluding carboxylic acids is 4. The van der Waals surface area contributed by atoms with E-state index in [4.69, 9.17) is 30.1 Å². The highest BCUT2D eigenvalue weighted by Gasteiger charge is 2.40. The van der Waals surface area contributed by atoms with E-state index < -0.39 is 19.5 Å². The molecule has 1 unspecified atom stereocenters. The van der Waals surface area contributed by atoms with Crippen LogP contribution >= 0.6 is 19.2 Å². The minimum absolute atomic E-state index is 0.193. The van der Waals surface area contributed by atoms with Crippen LogP contribution in [0.1, 0.15) is 67.3 Å². The van der Waals surface area contributed by atoms with Crippen molar-refractivity contribution in [3.05, 3.63) is 83.0 Å². The topological polar surface area (TPSA) is 197 Å². The number of methoxy groups -OCH3 is 1. The lowest BCUT2D eigenvalue weighted by atomic mass is 10.0. The van der Waals surface area contributed by atoms with Crippen LogP contribution in [0, 0.1) is 0 Å². The van der Waals surface area contributed by atoms with Crippen molar-refractivity contribution < 1.29 is 42.3 Å². The van der Waals surface area contributed by atoms with Crippen molar-refractivity contribution in [1.29, 1.82) is 0 Å². The van der Waals surface area contributed by atoms with Crippen LogP contribution in [0.25, 0.3) is 0 Å². The third-order valence-electron chi connectivity index (χ3n) is 13.0. The van der Waals surface area contributed by atoms with Crippen LogP contribution in [-0.2, 0) is 34.5 Å². The van der Waals surface area contributed by atoms with Gasteiger partial charge in [0, 0.05) is 95.3 Å². The van der Waals surface area contributed by atoms with Gasteiger partial charge < -0.3 is 43.9 Å². The van der Waals surface area contributed by atoms with E-state index in [0.717, 1.165) is 82.6 Å². The second-order valence-electron chi connectivity index (χ2n) is 16.9. The number of anilines is 5. The highest BCUT2D eigenvalue weighted by Crippen LogP contribution is 2.47. The van der Waals surface area contributed by atoms with Crippen molar-refractivity contribution in [1.82, 2.24) is 30.0 Å². The van der Waals surface area contributed by atoms with Gasteiger partial charge in [0.05, 0.1) is 43.1 Å². The van der Waals surface area contributed by atoms with Gasteiger partial charge in [0.15, 0.2) is 5.82 Å². The van der Waals surface area contributed by atoms with Gasteiger partial charge in [-0.05, 0) is 74.9 Å². The number of nitrogens with one attached hydrogen (secondary N) is 3. The Morgan fingerprint density at radius 2 is 1.64 bits per heavy atom. The van der Waals surface area contributed by atoms with Crippen molar-refractivity contribution >= 4 is 77.0 Å². The van der Waals surface area contributed by atoms with Crippen LogP contribution in [0.15, 0.2) is 66.9 Å². The molecule has 0 spiro atoms. The van der Waals surface area contributed by atoms with Gasteiger partial charge in [-0.15, -0.1) is 0 Å². The minimum atomic E-state index is -3.57. The second-order valence-corrected chi connectivity index (χ2v) is 19.5. The Morgan fingerprint density at radius 3 is 2.39 bits per heavy atom. The van der Waals surface area contributed by atoms with Crippen molar-refractivity contribution in [3.63, 3.8) is 0 Å². The molecule has 356 valence electrons. The van der Waals surface area contributed by atoms with E-state index in [-0.39, 0.29) is 41.7 Å². The Balaban J connectivity index is 0.750. The van der Waals surface area contributed by atoms with Gasteiger partial charge in [0.1, 0.15) is 22.6 Å². The molecular weight excluding hydrogens is 901 g/mol. The molecule has 18 nitrogen and oxygen atoms in total. The van der Waals surface area contributed by atoms with Crippen LogP contribution in [0.5, 0.6) is 11.5 Å². The average Bonchev–Trinajstić information content (AvgIpc) is 3.69. The average molecular weight is 958 g/mol. The summed E-state index contributed by atoms with van der Waals surface area (Å²) in [6.07, 6.45) is 6.92. The molecule has 3 saturated heterocycles. The van der Waals surface area contributed by atoms with E-state index in [0.29, 0.717) is 65.1 Å². The number of hydrogen-bond acceptors (Lipinski definition) is 15. The van der Waals surface area contributed by atoms with E-state index in [1.54, 1.807) is 43.5 Å². The zero-order chi connectivity index (χ0) is 47.1. The number of ether oxygens (including phenoxy) is 2. The lowest BCUT2D eigenvalue weighted by Gasteiger charge is -2.43. The Bertz CT molecular complexity index is 2510. The van der Waals surface area contributed by atoms with Crippen LogP contribution in [-0.4, -0.2) is 128 Å². The molecule has 1 aromatic heterocycles. The van der Waals surface area contributed by atoms with E-state index in [1.807, 2.05) is 23.1 Å². The number of para-hydroxylation sites is 1. The molecule has 4 aliphatic rings. The molecular formula is C47H57ClN9O9P. The molecule has 0 bridgehead atoms. The zero-order valence-electron chi connectivity index (χ0n) is 38.0. The van der Waals surface area contributed by atoms with Crippen molar-refractivity contribution in [2.75, 3.05) is 82.7 Å². The molecule has 1 atom stereocenters. The SMILES string of the molecule is COc1cc(N2CCC(N3CCN(C(=O)CCCCCOc4cccc5c4CN(C4CCC(=O)NC4=O)C5=O)CC3)CC2)ccc1Nc1ncc(Cl)c(Nc2ccccc2P(=O)(OC)OC)n1. The predicted octanol–water partition coefficient (Wildman–Crippen LogP) is 6.25. The van der Waals surface area contributed by atoms with E-state index in [1.165, 1.54) is 25.3 Å². The standard InChI is InChI=1S/C47H57ClN9O9P/c1-63-40-28-32(15-16-36(40)51-47-49-29-35(48)44(53-47)50-37-11-6-7-13-41(37)67(62,64-2)65-3)54-21-19-31(20-22-54)55-23-25-56(26-24-55)43(59)14-5-4-8-27-66-39-12-9-10-33-34(39)30-57(46(33)61)38-17-18-42(58)52-45(38)60/h6-7,9-13,15-16,28-29,31,38H,4-5,8,14,17-27,30H2,1-3H3,(H,52,58,60)(H2,49,50,51,53).